The summed E-state index contributed by atoms with van der Waals surface area (Å²) in [5.41, 5.74) is -0.759. The summed E-state index contributed by atoms with van der Waals surface area (Å²) in [5.74, 6) is -2.10. The molecule has 0 bridgehead atoms. The van der Waals surface area contributed by atoms with Gasteiger partial charge in [-0.05, 0) is 6.08 Å². The Bertz CT molecular complexity index is 272. The number of aliphatic carboxylic acids is 1. The second-order valence-electron chi connectivity index (χ2n) is 2.08. The second kappa shape index (κ2) is 4.81. The van der Waals surface area contributed by atoms with Crippen molar-refractivity contribution >= 4 is 23.8 Å². The van der Waals surface area contributed by atoms with Gasteiger partial charge in [-0.2, -0.15) is 0 Å². The zero-order valence-electron chi connectivity index (χ0n) is 6.70. The number of carbonyl (C=O) groups is 2. The lowest BCUT2D eigenvalue weighted by atomic mass is 10.2. The van der Waals surface area contributed by atoms with Crippen LogP contribution in [0.3, 0.4) is 0 Å². The van der Waals surface area contributed by atoms with Gasteiger partial charge in [0.15, 0.2) is 0 Å². The number of hydrogen-bond acceptors (Lipinski definition) is 4. The molecule has 1 atom stereocenters. The first-order valence-electron chi connectivity index (χ1n) is 3.28. The molecular formula is C7H9N3O3. The Morgan fingerprint density at radius 1 is 1.54 bits per heavy atom. The Morgan fingerprint density at radius 3 is 2.38 bits per heavy atom. The molecule has 0 rings (SSSR count). The largest absolute Gasteiger partial charge is 0.477 e. The third-order valence-electron chi connectivity index (χ3n) is 1.19. The van der Waals surface area contributed by atoms with Gasteiger partial charge < -0.3 is 15.8 Å². The van der Waals surface area contributed by atoms with Gasteiger partial charge >= 0.3 is 5.97 Å². The summed E-state index contributed by atoms with van der Waals surface area (Å²) in [5, 5.41) is 24.2. The number of rotatable bonds is 5. The maximum absolute atomic E-state index is 10.7. The van der Waals surface area contributed by atoms with Crippen LogP contribution < -0.4 is 5.32 Å². The molecule has 0 aliphatic heterocycles. The van der Waals surface area contributed by atoms with Crippen LogP contribution in [-0.4, -0.2) is 35.0 Å². The first-order chi connectivity index (χ1) is 6.02. The highest BCUT2D eigenvalue weighted by atomic mass is 16.4. The molecule has 0 aromatic rings. The molecular weight excluding hydrogens is 174 g/mol. The average molecular weight is 183 g/mol. The van der Waals surface area contributed by atoms with E-state index in [0.29, 0.717) is 6.21 Å². The van der Waals surface area contributed by atoms with Crippen LogP contribution in [0.1, 0.15) is 0 Å². The fourth-order valence-corrected chi connectivity index (χ4v) is 0.542. The first-order valence-corrected chi connectivity index (χ1v) is 3.28. The highest BCUT2D eigenvalue weighted by molar-refractivity contribution is 6.39. The third kappa shape index (κ3) is 3.28. The lowest BCUT2D eigenvalue weighted by Crippen LogP contribution is -2.43. The van der Waals surface area contributed by atoms with Crippen molar-refractivity contribution in [3.05, 3.63) is 12.7 Å². The molecule has 4 N–H and O–H groups in total. The van der Waals surface area contributed by atoms with E-state index < -0.39 is 23.6 Å². The first kappa shape index (κ1) is 11.0. The third-order valence-corrected chi connectivity index (χ3v) is 1.19. The van der Waals surface area contributed by atoms with Gasteiger partial charge in [-0.3, -0.25) is 10.2 Å². The highest BCUT2D eigenvalue weighted by Crippen LogP contribution is 1.84. The minimum Gasteiger partial charge on any atom is -0.477 e. The molecule has 6 nitrogen and oxygen atoms in total. The van der Waals surface area contributed by atoms with Crippen LogP contribution in [0.5, 0.6) is 0 Å². The van der Waals surface area contributed by atoms with Crippen molar-refractivity contribution in [2.75, 3.05) is 0 Å². The number of carboxylic acid groups (broad SMARTS) is 1. The molecule has 0 aromatic heterocycles. The van der Waals surface area contributed by atoms with Gasteiger partial charge in [-0.25, -0.2) is 4.79 Å². The zero-order valence-corrected chi connectivity index (χ0v) is 6.70. The molecule has 0 heterocycles. The number of carboxylic acids is 1. The SMILES string of the molecule is C=CC(=O)NC(C=N)C(=N)C(=O)O. The zero-order chi connectivity index (χ0) is 10.4. The molecule has 0 saturated heterocycles. The standard InChI is InChI=1S/C7H9N3O3/c1-2-5(11)10-4(3-8)6(9)7(12)13/h2-4,8-9H,1H2,(H,10,11)(H,12,13). The van der Waals surface area contributed by atoms with E-state index in [-0.39, 0.29) is 0 Å². The summed E-state index contributed by atoms with van der Waals surface area (Å²) in [6.45, 7) is 3.15. The van der Waals surface area contributed by atoms with E-state index in [2.05, 4.69) is 11.9 Å². The summed E-state index contributed by atoms with van der Waals surface area (Å²) in [7, 11) is 0. The van der Waals surface area contributed by atoms with Crippen molar-refractivity contribution in [3.8, 4) is 0 Å². The summed E-state index contributed by atoms with van der Waals surface area (Å²) in [4.78, 5) is 21.0. The van der Waals surface area contributed by atoms with E-state index in [1.807, 2.05) is 0 Å². The van der Waals surface area contributed by atoms with Crippen molar-refractivity contribution in [2.45, 2.75) is 6.04 Å². The van der Waals surface area contributed by atoms with Crippen molar-refractivity contribution in [1.29, 1.82) is 10.8 Å². The number of hydrogen-bond donors (Lipinski definition) is 4. The van der Waals surface area contributed by atoms with E-state index in [4.69, 9.17) is 15.9 Å². The van der Waals surface area contributed by atoms with Gasteiger partial charge in [0, 0.05) is 6.21 Å². The molecule has 70 valence electrons. The van der Waals surface area contributed by atoms with Crippen molar-refractivity contribution in [2.24, 2.45) is 0 Å². The topological polar surface area (TPSA) is 114 Å². The maximum atomic E-state index is 10.7. The van der Waals surface area contributed by atoms with Gasteiger partial charge in [0.2, 0.25) is 5.91 Å². The van der Waals surface area contributed by atoms with Crippen LogP contribution in [-0.2, 0) is 9.59 Å². The Labute approximate surface area is 74.3 Å². The minimum atomic E-state index is -1.47. The lowest BCUT2D eigenvalue weighted by Gasteiger charge is -2.09. The Morgan fingerprint density at radius 2 is 2.08 bits per heavy atom. The molecule has 6 heteroatoms. The Kier molecular flexibility index (Phi) is 4.08. The molecule has 0 aromatic carbocycles. The Hall–Kier alpha value is -1.98. The summed E-state index contributed by atoms with van der Waals surface area (Å²) in [6, 6.07) is -1.21. The van der Waals surface area contributed by atoms with E-state index in [9.17, 15) is 9.59 Å². The molecule has 0 fully saturated rings. The van der Waals surface area contributed by atoms with E-state index in [0.717, 1.165) is 6.08 Å². The molecule has 13 heavy (non-hydrogen) atoms. The van der Waals surface area contributed by atoms with E-state index >= 15 is 0 Å². The molecule has 0 radical (unpaired) electrons. The van der Waals surface area contributed by atoms with Crippen LogP contribution in [0, 0.1) is 10.8 Å². The minimum absolute atomic E-state index is 0.625. The molecule has 0 aliphatic carbocycles. The molecule has 0 spiro atoms. The van der Waals surface area contributed by atoms with Crippen LogP contribution >= 0.6 is 0 Å². The van der Waals surface area contributed by atoms with Gasteiger partial charge in [0.25, 0.3) is 0 Å². The van der Waals surface area contributed by atoms with Crippen LogP contribution in [0.25, 0.3) is 0 Å². The van der Waals surface area contributed by atoms with Gasteiger partial charge in [-0.1, -0.05) is 6.58 Å². The van der Waals surface area contributed by atoms with Crippen LogP contribution in [0.4, 0.5) is 0 Å². The summed E-state index contributed by atoms with van der Waals surface area (Å²) >= 11 is 0. The predicted octanol–water partition coefficient (Wildman–Crippen LogP) is -0.589. The summed E-state index contributed by atoms with van der Waals surface area (Å²) < 4.78 is 0. The van der Waals surface area contributed by atoms with Crippen LogP contribution in [0.2, 0.25) is 0 Å². The van der Waals surface area contributed by atoms with Crippen molar-refractivity contribution in [1.82, 2.24) is 5.32 Å². The van der Waals surface area contributed by atoms with E-state index in [1.54, 1.807) is 0 Å². The Balaban J connectivity index is 4.43. The number of amides is 1. The molecule has 0 saturated carbocycles. The van der Waals surface area contributed by atoms with Gasteiger partial charge in [0.05, 0.1) is 0 Å². The number of carbonyl (C=O) groups excluding carboxylic acids is 1. The van der Waals surface area contributed by atoms with Crippen molar-refractivity contribution < 1.29 is 14.7 Å². The monoisotopic (exact) mass is 183 g/mol. The molecule has 1 unspecified atom stereocenters. The number of nitrogens with one attached hydrogen (secondary N) is 3. The predicted molar refractivity (Wildman–Crippen MR) is 46.3 cm³/mol. The maximum Gasteiger partial charge on any atom is 0.352 e. The lowest BCUT2D eigenvalue weighted by molar-refractivity contribution is -0.129. The fourth-order valence-electron chi connectivity index (χ4n) is 0.542. The molecule has 1 amide bonds. The second-order valence-corrected chi connectivity index (χ2v) is 2.08. The van der Waals surface area contributed by atoms with Gasteiger partial charge in [0.1, 0.15) is 11.8 Å². The molecule has 0 aliphatic rings. The summed E-state index contributed by atoms with van der Waals surface area (Å²) in [6.07, 6.45) is 1.60. The van der Waals surface area contributed by atoms with Gasteiger partial charge in [-0.15, -0.1) is 0 Å². The quantitative estimate of drug-likeness (QED) is 0.337. The van der Waals surface area contributed by atoms with Crippen molar-refractivity contribution in [3.63, 3.8) is 0 Å². The van der Waals surface area contributed by atoms with Crippen LogP contribution in [0.15, 0.2) is 12.7 Å². The normalized spacial score (nSPS) is 11.1. The smallest absolute Gasteiger partial charge is 0.352 e. The fraction of sp³-hybridized carbons (Fsp3) is 0.143. The highest BCUT2D eigenvalue weighted by Gasteiger charge is 2.19. The van der Waals surface area contributed by atoms with E-state index in [1.165, 1.54) is 0 Å². The average Bonchev–Trinajstić information content (AvgIpc) is 2.12.